The Balaban J connectivity index is 1.67. The van der Waals surface area contributed by atoms with E-state index in [9.17, 15) is 0 Å². The van der Waals surface area contributed by atoms with E-state index < -0.39 is 0 Å². The molecule has 112 valence electrons. The average Bonchev–Trinajstić information content (AvgIpc) is 2.39. The van der Waals surface area contributed by atoms with Crippen LogP contribution in [0.25, 0.3) is 0 Å². The maximum Gasteiger partial charge on any atom is 0.0117 e. The van der Waals surface area contributed by atoms with E-state index in [2.05, 4.69) is 31.0 Å². The van der Waals surface area contributed by atoms with Crippen molar-refractivity contribution in [1.82, 2.24) is 10.2 Å². The minimum Gasteiger partial charge on any atom is -0.314 e. The highest BCUT2D eigenvalue weighted by Gasteiger charge is 2.26. The van der Waals surface area contributed by atoms with E-state index in [-0.39, 0.29) is 0 Å². The van der Waals surface area contributed by atoms with Crippen LogP contribution in [-0.4, -0.2) is 37.1 Å². The average molecular weight is 266 g/mol. The lowest BCUT2D eigenvalue weighted by Crippen LogP contribution is -2.48. The van der Waals surface area contributed by atoms with Gasteiger partial charge in [-0.3, -0.25) is 0 Å². The Bertz CT molecular complexity index is 254. The summed E-state index contributed by atoms with van der Waals surface area (Å²) < 4.78 is 0. The van der Waals surface area contributed by atoms with Gasteiger partial charge in [-0.2, -0.15) is 0 Å². The third-order valence-corrected chi connectivity index (χ3v) is 5.35. The van der Waals surface area contributed by atoms with Crippen molar-refractivity contribution in [2.24, 2.45) is 17.8 Å². The SMILES string of the molecule is CCNC1CCN(CCC2CCCC(C)C2)CC1C. The molecule has 19 heavy (non-hydrogen) atoms. The number of rotatable bonds is 5. The van der Waals surface area contributed by atoms with Crippen molar-refractivity contribution < 1.29 is 0 Å². The van der Waals surface area contributed by atoms with Gasteiger partial charge in [-0.15, -0.1) is 0 Å². The number of nitrogens with one attached hydrogen (secondary N) is 1. The second-order valence-corrected chi connectivity index (χ2v) is 7.16. The summed E-state index contributed by atoms with van der Waals surface area (Å²) in [5, 5.41) is 3.64. The van der Waals surface area contributed by atoms with Crippen molar-refractivity contribution >= 4 is 0 Å². The third-order valence-electron chi connectivity index (χ3n) is 5.35. The molecule has 1 aliphatic heterocycles. The van der Waals surface area contributed by atoms with Crippen LogP contribution in [0, 0.1) is 17.8 Å². The minimum absolute atomic E-state index is 0.760. The van der Waals surface area contributed by atoms with Crippen LogP contribution in [0.15, 0.2) is 0 Å². The molecule has 2 rings (SSSR count). The van der Waals surface area contributed by atoms with Crippen molar-refractivity contribution in [2.75, 3.05) is 26.2 Å². The Kier molecular flexibility index (Phi) is 6.15. The quantitative estimate of drug-likeness (QED) is 0.819. The Morgan fingerprint density at radius 3 is 2.68 bits per heavy atom. The van der Waals surface area contributed by atoms with Crippen molar-refractivity contribution in [1.29, 1.82) is 0 Å². The summed E-state index contributed by atoms with van der Waals surface area (Å²) in [6.45, 7) is 12.2. The topological polar surface area (TPSA) is 15.3 Å². The van der Waals surface area contributed by atoms with Gasteiger partial charge in [-0.05, 0) is 56.7 Å². The van der Waals surface area contributed by atoms with Gasteiger partial charge in [0, 0.05) is 12.6 Å². The number of hydrogen-bond acceptors (Lipinski definition) is 2. The fourth-order valence-corrected chi connectivity index (χ4v) is 4.19. The van der Waals surface area contributed by atoms with Gasteiger partial charge in [0.05, 0.1) is 0 Å². The number of nitrogens with zero attached hydrogens (tertiary/aromatic N) is 1. The standard InChI is InChI=1S/C17H34N2/c1-4-18-17-9-11-19(13-15(17)3)10-8-16-7-5-6-14(2)12-16/h14-18H,4-13H2,1-3H3. The predicted octanol–water partition coefficient (Wildman–Crippen LogP) is 3.52. The molecule has 0 bridgehead atoms. The molecule has 2 fully saturated rings. The summed E-state index contributed by atoms with van der Waals surface area (Å²) in [6, 6.07) is 0.760. The van der Waals surface area contributed by atoms with E-state index in [1.807, 2.05) is 0 Å². The molecule has 2 heteroatoms. The smallest absolute Gasteiger partial charge is 0.0117 e. The highest BCUT2D eigenvalue weighted by atomic mass is 15.1. The highest BCUT2D eigenvalue weighted by molar-refractivity contribution is 4.83. The van der Waals surface area contributed by atoms with Crippen LogP contribution in [0.4, 0.5) is 0 Å². The second-order valence-electron chi connectivity index (χ2n) is 7.16. The van der Waals surface area contributed by atoms with Crippen molar-refractivity contribution in [3.63, 3.8) is 0 Å². The second kappa shape index (κ2) is 7.64. The molecule has 1 saturated heterocycles. The monoisotopic (exact) mass is 266 g/mol. The first-order valence-electron chi connectivity index (χ1n) is 8.64. The molecular weight excluding hydrogens is 232 g/mol. The Hall–Kier alpha value is -0.0800. The predicted molar refractivity (Wildman–Crippen MR) is 83.4 cm³/mol. The highest BCUT2D eigenvalue weighted by Crippen LogP contribution is 2.31. The van der Waals surface area contributed by atoms with Gasteiger partial charge < -0.3 is 10.2 Å². The maximum absolute atomic E-state index is 3.64. The lowest BCUT2D eigenvalue weighted by atomic mass is 9.80. The van der Waals surface area contributed by atoms with Gasteiger partial charge in [-0.1, -0.05) is 40.0 Å². The molecule has 0 spiro atoms. The molecule has 2 aliphatic rings. The lowest BCUT2D eigenvalue weighted by Gasteiger charge is -2.38. The molecule has 2 nitrogen and oxygen atoms in total. The summed E-state index contributed by atoms with van der Waals surface area (Å²) in [6.07, 6.45) is 8.72. The van der Waals surface area contributed by atoms with Crippen LogP contribution in [0.1, 0.15) is 59.3 Å². The molecule has 1 aliphatic carbocycles. The van der Waals surface area contributed by atoms with E-state index in [4.69, 9.17) is 0 Å². The Morgan fingerprint density at radius 2 is 2.00 bits per heavy atom. The Morgan fingerprint density at radius 1 is 1.16 bits per heavy atom. The van der Waals surface area contributed by atoms with E-state index in [1.54, 1.807) is 0 Å². The molecule has 4 unspecified atom stereocenters. The number of piperidine rings is 1. The molecule has 4 atom stereocenters. The van der Waals surface area contributed by atoms with Crippen LogP contribution in [0.2, 0.25) is 0 Å². The van der Waals surface area contributed by atoms with E-state index in [0.717, 1.165) is 30.3 Å². The first kappa shape index (κ1) is 15.3. The van der Waals surface area contributed by atoms with Crippen LogP contribution in [0.3, 0.4) is 0 Å². The van der Waals surface area contributed by atoms with Crippen LogP contribution >= 0.6 is 0 Å². The van der Waals surface area contributed by atoms with E-state index >= 15 is 0 Å². The molecule has 0 aromatic carbocycles. The fraction of sp³-hybridized carbons (Fsp3) is 1.00. The molecule has 0 amide bonds. The molecule has 0 aromatic heterocycles. The molecular formula is C17H34N2. The lowest BCUT2D eigenvalue weighted by molar-refractivity contribution is 0.133. The van der Waals surface area contributed by atoms with Crippen molar-refractivity contribution in [3.05, 3.63) is 0 Å². The van der Waals surface area contributed by atoms with E-state index in [1.165, 1.54) is 58.2 Å². The normalized spacial score (nSPS) is 37.4. The zero-order chi connectivity index (χ0) is 13.7. The number of likely N-dealkylation sites (tertiary alicyclic amines) is 1. The van der Waals surface area contributed by atoms with Crippen LogP contribution in [0.5, 0.6) is 0 Å². The first-order chi connectivity index (χ1) is 9.19. The van der Waals surface area contributed by atoms with Crippen LogP contribution in [-0.2, 0) is 0 Å². The summed E-state index contributed by atoms with van der Waals surface area (Å²) in [7, 11) is 0. The summed E-state index contributed by atoms with van der Waals surface area (Å²) in [4.78, 5) is 2.72. The number of hydrogen-bond donors (Lipinski definition) is 1. The van der Waals surface area contributed by atoms with Gasteiger partial charge in [0.15, 0.2) is 0 Å². The molecule has 0 aromatic rings. The molecule has 1 N–H and O–H groups in total. The zero-order valence-corrected chi connectivity index (χ0v) is 13.3. The van der Waals surface area contributed by atoms with Gasteiger partial charge in [0.2, 0.25) is 0 Å². The van der Waals surface area contributed by atoms with Crippen LogP contribution < -0.4 is 5.32 Å². The molecule has 1 saturated carbocycles. The zero-order valence-electron chi connectivity index (χ0n) is 13.3. The Labute approximate surface area is 120 Å². The van der Waals surface area contributed by atoms with Crippen molar-refractivity contribution in [2.45, 2.75) is 65.3 Å². The van der Waals surface area contributed by atoms with Crippen molar-refractivity contribution in [3.8, 4) is 0 Å². The minimum atomic E-state index is 0.760. The van der Waals surface area contributed by atoms with E-state index in [0.29, 0.717) is 0 Å². The fourth-order valence-electron chi connectivity index (χ4n) is 4.19. The summed E-state index contributed by atoms with van der Waals surface area (Å²) in [5.41, 5.74) is 0. The van der Waals surface area contributed by atoms with Gasteiger partial charge in [0.25, 0.3) is 0 Å². The first-order valence-corrected chi connectivity index (χ1v) is 8.64. The van der Waals surface area contributed by atoms with Gasteiger partial charge >= 0.3 is 0 Å². The maximum atomic E-state index is 3.64. The molecule has 1 heterocycles. The molecule has 0 radical (unpaired) electrons. The van der Waals surface area contributed by atoms with Gasteiger partial charge in [0.1, 0.15) is 0 Å². The summed E-state index contributed by atoms with van der Waals surface area (Å²) in [5.74, 6) is 2.82. The largest absolute Gasteiger partial charge is 0.314 e. The van der Waals surface area contributed by atoms with Gasteiger partial charge in [-0.25, -0.2) is 0 Å². The summed E-state index contributed by atoms with van der Waals surface area (Å²) >= 11 is 0. The third kappa shape index (κ3) is 4.75.